The Kier molecular flexibility index (Phi) is 5.70. The number of guanidine groups is 1. The molecule has 1 fully saturated rings. The van der Waals surface area contributed by atoms with Crippen molar-refractivity contribution in [3.8, 4) is 0 Å². The fraction of sp³-hybridized carbons (Fsp3) is 0.471. The highest BCUT2D eigenvalue weighted by Gasteiger charge is 2.25. The number of amides is 1. The SMILES string of the molecule is CN=C(NCCc1csc(C)n1)N1CCN(C(=O)c2ccco2)CC1. The van der Waals surface area contributed by atoms with Crippen molar-refractivity contribution in [3.63, 3.8) is 0 Å². The van der Waals surface area contributed by atoms with Crippen LogP contribution in [0.2, 0.25) is 0 Å². The number of hydrogen-bond acceptors (Lipinski definition) is 5. The van der Waals surface area contributed by atoms with E-state index in [4.69, 9.17) is 4.42 Å². The lowest BCUT2D eigenvalue weighted by molar-refractivity contribution is 0.0658. The van der Waals surface area contributed by atoms with E-state index in [1.807, 2.05) is 11.8 Å². The molecule has 1 saturated heterocycles. The smallest absolute Gasteiger partial charge is 0.289 e. The zero-order valence-corrected chi connectivity index (χ0v) is 15.4. The first-order valence-electron chi connectivity index (χ1n) is 8.37. The zero-order chi connectivity index (χ0) is 17.6. The molecular formula is C17H23N5O2S. The van der Waals surface area contributed by atoms with Crippen LogP contribution < -0.4 is 5.32 Å². The Labute approximate surface area is 151 Å². The summed E-state index contributed by atoms with van der Waals surface area (Å²) >= 11 is 1.67. The number of hydrogen-bond donors (Lipinski definition) is 1. The van der Waals surface area contributed by atoms with E-state index in [0.29, 0.717) is 18.8 Å². The predicted octanol–water partition coefficient (Wildman–Crippen LogP) is 1.62. The molecule has 0 saturated carbocycles. The Balaban J connectivity index is 1.46. The largest absolute Gasteiger partial charge is 0.459 e. The minimum Gasteiger partial charge on any atom is -0.459 e. The summed E-state index contributed by atoms with van der Waals surface area (Å²) in [5, 5.41) is 6.58. The Hall–Kier alpha value is -2.35. The van der Waals surface area contributed by atoms with Crippen molar-refractivity contribution in [3.05, 3.63) is 40.2 Å². The first-order valence-corrected chi connectivity index (χ1v) is 9.24. The van der Waals surface area contributed by atoms with Crippen LogP contribution in [0.1, 0.15) is 21.3 Å². The average molecular weight is 361 g/mol. The monoisotopic (exact) mass is 361 g/mol. The second kappa shape index (κ2) is 8.15. The van der Waals surface area contributed by atoms with Gasteiger partial charge in [-0.2, -0.15) is 0 Å². The Morgan fingerprint density at radius 1 is 1.36 bits per heavy atom. The van der Waals surface area contributed by atoms with E-state index >= 15 is 0 Å². The first-order chi connectivity index (χ1) is 12.2. The van der Waals surface area contributed by atoms with Gasteiger partial charge in [-0.15, -0.1) is 11.3 Å². The number of nitrogens with zero attached hydrogens (tertiary/aromatic N) is 4. The van der Waals surface area contributed by atoms with E-state index in [0.717, 1.165) is 42.7 Å². The van der Waals surface area contributed by atoms with E-state index in [2.05, 4.69) is 25.6 Å². The second-order valence-electron chi connectivity index (χ2n) is 5.84. The molecule has 0 unspecified atom stereocenters. The summed E-state index contributed by atoms with van der Waals surface area (Å²) in [6, 6.07) is 3.44. The molecule has 3 rings (SSSR count). The molecule has 0 spiro atoms. The van der Waals surface area contributed by atoms with Gasteiger partial charge in [0.15, 0.2) is 11.7 Å². The maximum absolute atomic E-state index is 12.3. The molecule has 1 N–H and O–H groups in total. The van der Waals surface area contributed by atoms with Crippen molar-refractivity contribution in [2.24, 2.45) is 4.99 Å². The van der Waals surface area contributed by atoms with Crippen molar-refractivity contribution in [1.29, 1.82) is 0 Å². The number of rotatable bonds is 4. The Morgan fingerprint density at radius 3 is 2.72 bits per heavy atom. The molecule has 25 heavy (non-hydrogen) atoms. The highest BCUT2D eigenvalue weighted by Crippen LogP contribution is 2.10. The minimum absolute atomic E-state index is 0.0495. The van der Waals surface area contributed by atoms with Gasteiger partial charge in [0.05, 0.1) is 17.0 Å². The van der Waals surface area contributed by atoms with Crippen LogP contribution in [0.5, 0.6) is 0 Å². The first kappa shape index (κ1) is 17.5. The van der Waals surface area contributed by atoms with Crippen LogP contribution in [0.4, 0.5) is 0 Å². The molecule has 134 valence electrons. The molecule has 2 aromatic heterocycles. The molecule has 1 aliphatic rings. The summed E-state index contributed by atoms with van der Waals surface area (Å²) in [7, 11) is 1.79. The number of carbonyl (C=O) groups is 1. The van der Waals surface area contributed by atoms with E-state index in [9.17, 15) is 4.79 Å². The number of carbonyl (C=O) groups excluding carboxylic acids is 1. The van der Waals surface area contributed by atoms with Crippen LogP contribution in [-0.4, -0.2) is 66.4 Å². The lowest BCUT2D eigenvalue weighted by Gasteiger charge is -2.36. The van der Waals surface area contributed by atoms with E-state index < -0.39 is 0 Å². The summed E-state index contributed by atoms with van der Waals surface area (Å²) in [4.78, 5) is 25.1. The van der Waals surface area contributed by atoms with Crippen molar-refractivity contribution < 1.29 is 9.21 Å². The highest BCUT2D eigenvalue weighted by molar-refractivity contribution is 7.09. The molecular weight excluding hydrogens is 338 g/mol. The quantitative estimate of drug-likeness (QED) is 0.662. The van der Waals surface area contributed by atoms with Crippen molar-refractivity contribution in [2.75, 3.05) is 39.8 Å². The fourth-order valence-electron chi connectivity index (χ4n) is 2.84. The van der Waals surface area contributed by atoms with Crippen LogP contribution in [0.3, 0.4) is 0 Å². The predicted molar refractivity (Wildman–Crippen MR) is 98.1 cm³/mol. The molecule has 8 heteroatoms. The molecule has 1 aliphatic heterocycles. The highest BCUT2D eigenvalue weighted by atomic mass is 32.1. The third kappa shape index (κ3) is 4.39. The number of nitrogens with one attached hydrogen (secondary N) is 1. The molecule has 0 atom stereocenters. The normalized spacial score (nSPS) is 15.5. The lowest BCUT2D eigenvalue weighted by atomic mass is 10.3. The van der Waals surface area contributed by atoms with Crippen molar-refractivity contribution in [1.82, 2.24) is 20.1 Å². The van der Waals surface area contributed by atoms with Gasteiger partial charge in [-0.1, -0.05) is 0 Å². The number of piperazine rings is 1. The Bertz CT molecular complexity index is 717. The number of furan rings is 1. The lowest BCUT2D eigenvalue weighted by Crippen LogP contribution is -2.54. The standard InChI is InChI=1S/C17H23N5O2S/c1-13-20-14(12-25-13)5-6-19-17(18-2)22-9-7-21(8-10-22)16(23)15-4-3-11-24-15/h3-4,11-12H,5-10H2,1-2H3,(H,18,19). The van der Waals surface area contributed by atoms with Gasteiger partial charge in [0.1, 0.15) is 0 Å². The van der Waals surface area contributed by atoms with Gasteiger partial charge in [-0.3, -0.25) is 9.79 Å². The van der Waals surface area contributed by atoms with E-state index in [1.165, 1.54) is 6.26 Å². The minimum atomic E-state index is -0.0495. The number of aliphatic imine (C=N–C) groups is 1. The summed E-state index contributed by atoms with van der Waals surface area (Å²) < 4.78 is 5.19. The third-order valence-corrected chi connectivity index (χ3v) is 4.96. The Morgan fingerprint density at radius 2 is 2.12 bits per heavy atom. The van der Waals surface area contributed by atoms with Gasteiger partial charge in [-0.25, -0.2) is 4.98 Å². The molecule has 7 nitrogen and oxygen atoms in total. The van der Waals surface area contributed by atoms with E-state index in [1.54, 1.807) is 30.5 Å². The zero-order valence-electron chi connectivity index (χ0n) is 14.6. The molecule has 0 aliphatic carbocycles. The van der Waals surface area contributed by atoms with Gasteiger partial charge in [0.2, 0.25) is 0 Å². The maximum atomic E-state index is 12.3. The molecule has 1 amide bonds. The fourth-order valence-corrected chi connectivity index (χ4v) is 3.48. The summed E-state index contributed by atoms with van der Waals surface area (Å²) in [5.74, 6) is 1.22. The van der Waals surface area contributed by atoms with Gasteiger partial charge in [0.25, 0.3) is 5.91 Å². The van der Waals surface area contributed by atoms with Crippen LogP contribution >= 0.6 is 11.3 Å². The van der Waals surface area contributed by atoms with Gasteiger partial charge in [-0.05, 0) is 19.1 Å². The number of aromatic nitrogens is 1. The van der Waals surface area contributed by atoms with Crippen LogP contribution in [-0.2, 0) is 6.42 Å². The van der Waals surface area contributed by atoms with Crippen LogP contribution in [0.15, 0.2) is 33.2 Å². The maximum Gasteiger partial charge on any atom is 0.289 e. The van der Waals surface area contributed by atoms with Gasteiger partial charge < -0.3 is 19.5 Å². The summed E-state index contributed by atoms with van der Waals surface area (Å²) in [6.07, 6.45) is 2.40. The molecule has 0 aromatic carbocycles. The molecule has 2 aromatic rings. The van der Waals surface area contributed by atoms with E-state index in [-0.39, 0.29) is 5.91 Å². The van der Waals surface area contributed by atoms with Crippen molar-refractivity contribution >= 4 is 23.2 Å². The molecule has 0 radical (unpaired) electrons. The molecule has 0 bridgehead atoms. The average Bonchev–Trinajstić information content (AvgIpc) is 3.30. The summed E-state index contributed by atoms with van der Waals surface area (Å²) in [6.45, 7) is 5.63. The van der Waals surface area contributed by atoms with Crippen LogP contribution in [0.25, 0.3) is 0 Å². The number of aryl methyl sites for hydroxylation is 1. The summed E-state index contributed by atoms with van der Waals surface area (Å²) in [5.41, 5.74) is 1.11. The van der Waals surface area contributed by atoms with Crippen molar-refractivity contribution in [2.45, 2.75) is 13.3 Å². The van der Waals surface area contributed by atoms with Gasteiger partial charge in [0, 0.05) is 51.6 Å². The van der Waals surface area contributed by atoms with Gasteiger partial charge >= 0.3 is 0 Å². The number of thiazole rings is 1. The topological polar surface area (TPSA) is 74.0 Å². The third-order valence-electron chi connectivity index (χ3n) is 4.14. The van der Waals surface area contributed by atoms with Crippen LogP contribution in [0, 0.1) is 6.92 Å². The second-order valence-corrected chi connectivity index (χ2v) is 6.90. The molecule has 3 heterocycles.